The Morgan fingerprint density at radius 2 is 2.17 bits per heavy atom. The minimum atomic E-state index is -0.175. The van der Waals surface area contributed by atoms with E-state index in [-0.39, 0.29) is 18.9 Å². The van der Waals surface area contributed by atoms with Crippen molar-refractivity contribution in [2.75, 3.05) is 19.7 Å². The molecule has 0 aromatic heterocycles. The molecule has 1 aromatic carbocycles. The fourth-order valence-electron chi connectivity index (χ4n) is 1.61. The van der Waals surface area contributed by atoms with E-state index in [9.17, 15) is 4.79 Å². The van der Waals surface area contributed by atoms with E-state index in [1.807, 2.05) is 30.3 Å². The molecule has 0 saturated carbocycles. The zero-order valence-electron chi connectivity index (χ0n) is 9.98. The lowest BCUT2D eigenvalue weighted by molar-refractivity contribution is -0.115. The summed E-state index contributed by atoms with van der Waals surface area (Å²) in [6.07, 6.45) is 0.249. The molecule has 1 aliphatic heterocycles. The van der Waals surface area contributed by atoms with Crippen molar-refractivity contribution in [1.82, 2.24) is 5.32 Å². The molecule has 5 nitrogen and oxygen atoms in total. The van der Waals surface area contributed by atoms with Crippen molar-refractivity contribution in [3.05, 3.63) is 30.3 Å². The number of nitrogens with zero attached hydrogens (tertiary/aromatic N) is 1. The van der Waals surface area contributed by atoms with Crippen LogP contribution in [0.25, 0.3) is 0 Å². The molecule has 0 radical (unpaired) electrons. The average molecular weight is 245 g/mol. The molecule has 0 atom stereocenters. The first kappa shape index (κ1) is 12.3. The Kier molecular flexibility index (Phi) is 4.06. The van der Waals surface area contributed by atoms with E-state index in [4.69, 9.17) is 10.1 Å². The summed E-state index contributed by atoms with van der Waals surface area (Å²) in [5.74, 6) is 0.544. The van der Waals surface area contributed by atoms with Crippen molar-refractivity contribution >= 4 is 17.3 Å². The Bertz CT molecular complexity index is 468. The molecule has 5 heteroatoms. The van der Waals surface area contributed by atoms with Gasteiger partial charge in [-0.3, -0.25) is 9.79 Å². The maximum Gasteiger partial charge on any atom is 0.265 e. The first-order chi connectivity index (χ1) is 8.75. The SMILES string of the molecule is N=C(COc1ccccc1)CC1=NCCNC1=O. The van der Waals surface area contributed by atoms with Crippen LogP contribution >= 0.6 is 0 Å². The van der Waals surface area contributed by atoms with E-state index in [2.05, 4.69) is 10.3 Å². The molecule has 0 fully saturated rings. The number of hydrogen-bond donors (Lipinski definition) is 2. The van der Waals surface area contributed by atoms with Gasteiger partial charge in [0.25, 0.3) is 5.91 Å². The summed E-state index contributed by atoms with van der Waals surface area (Å²) in [7, 11) is 0. The zero-order valence-corrected chi connectivity index (χ0v) is 9.98. The third kappa shape index (κ3) is 3.41. The van der Waals surface area contributed by atoms with Gasteiger partial charge in [-0.25, -0.2) is 0 Å². The number of hydrogen-bond acceptors (Lipinski definition) is 4. The molecular weight excluding hydrogens is 230 g/mol. The third-order valence-corrected chi connectivity index (χ3v) is 2.50. The van der Waals surface area contributed by atoms with Crippen LogP contribution in [0, 0.1) is 5.41 Å². The number of carbonyl (C=O) groups is 1. The van der Waals surface area contributed by atoms with Gasteiger partial charge in [0.05, 0.1) is 12.3 Å². The molecule has 0 spiro atoms. The molecule has 18 heavy (non-hydrogen) atoms. The summed E-state index contributed by atoms with van der Waals surface area (Å²) in [6.45, 7) is 1.35. The van der Waals surface area contributed by atoms with E-state index < -0.39 is 0 Å². The number of rotatable bonds is 5. The van der Waals surface area contributed by atoms with Crippen LogP contribution < -0.4 is 10.1 Å². The highest BCUT2D eigenvalue weighted by Gasteiger charge is 2.16. The van der Waals surface area contributed by atoms with Gasteiger partial charge in [0.15, 0.2) is 0 Å². The van der Waals surface area contributed by atoms with Crippen LogP contribution in [-0.2, 0) is 4.79 Å². The number of aliphatic imine (C=N–C) groups is 1. The summed E-state index contributed by atoms with van der Waals surface area (Å²) in [6, 6.07) is 9.31. The van der Waals surface area contributed by atoms with Crippen LogP contribution in [0.15, 0.2) is 35.3 Å². The van der Waals surface area contributed by atoms with Gasteiger partial charge in [0.1, 0.15) is 18.1 Å². The van der Waals surface area contributed by atoms with Crippen LogP contribution in [0.2, 0.25) is 0 Å². The Balaban J connectivity index is 1.82. The Hall–Kier alpha value is -2.17. The van der Waals surface area contributed by atoms with Crippen LogP contribution in [0.1, 0.15) is 6.42 Å². The van der Waals surface area contributed by atoms with Crippen LogP contribution in [-0.4, -0.2) is 37.0 Å². The topological polar surface area (TPSA) is 74.5 Å². The summed E-state index contributed by atoms with van der Waals surface area (Å²) in [4.78, 5) is 15.5. The average Bonchev–Trinajstić information content (AvgIpc) is 2.40. The van der Waals surface area contributed by atoms with Crippen molar-refractivity contribution in [2.24, 2.45) is 4.99 Å². The quantitative estimate of drug-likeness (QED) is 0.761. The van der Waals surface area contributed by atoms with Gasteiger partial charge in [-0.1, -0.05) is 18.2 Å². The van der Waals surface area contributed by atoms with Gasteiger partial charge in [0, 0.05) is 13.0 Å². The fraction of sp³-hybridized carbons (Fsp3) is 0.308. The molecule has 94 valence electrons. The summed E-state index contributed by atoms with van der Waals surface area (Å²) < 4.78 is 5.43. The lowest BCUT2D eigenvalue weighted by Crippen LogP contribution is -2.38. The number of para-hydroxylation sites is 1. The van der Waals surface area contributed by atoms with Crippen molar-refractivity contribution in [2.45, 2.75) is 6.42 Å². The molecule has 0 aliphatic carbocycles. The van der Waals surface area contributed by atoms with Gasteiger partial charge in [0.2, 0.25) is 0 Å². The first-order valence-corrected chi connectivity index (χ1v) is 5.81. The molecule has 0 saturated heterocycles. The smallest absolute Gasteiger partial charge is 0.265 e. The normalized spacial score (nSPS) is 14.7. The number of ether oxygens (including phenoxy) is 1. The van der Waals surface area contributed by atoms with Gasteiger partial charge in [-0.15, -0.1) is 0 Å². The van der Waals surface area contributed by atoms with Crippen molar-refractivity contribution in [3.8, 4) is 5.75 Å². The molecule has 2 N–H and O–H groups in total. The van der Waals surface area contributed by atoms with Crippen molar-refractivity contribution in [3.63, 3.8) is 0 Å². The van der Waals surface area contributed by atoms with Crippen LogP contribution in [0.3, 0.4) is 0 Å². The zero-order chi connectivity index (χ0) is 12.8. The largest absolute Gasteiger partial charge is 0.488 e. The minimum Gasteiger partial charge on any atom is -0.488 e. The molecule has 1 aliphatic rings. The lowest BCUT2D eigenvalue weighted by Gasteiger charge is -2.13. The van der Waals surface area contributed by atoms with Crippen molar-refractivity contribution < 1.29 is 9.53 Å². The highest BCUT2D eigenvalue weighted by Crippen LogP contribution is 2.08. The molecular formula is C13H15N3O2. The Labute approximate surface area is 105 Å². The number of carbonyl (C=O) groups excluding carboxylic acids is 1. The number of amides is 1. The molecule has 0 unspecified atom stereocenters. The second-order valence-corrected chi connectivity index (χ2v) is 3.97. The molecule has 2 rings (SSSR count). The van der Waals surface area contributed by atoms with Gasteiger partial charge in [-0.05, 0) is 12.1 Å². The van der Waals surface area contributed by atoms with Crippen molar-refractivity contribution in [1.29, 1.82) is 5.41 Å². The fourth-order valence-corrected chi connectivity index (χ4v) is 1.61. The van der Waals surface area contributed by atoms with Crippen LogP contribution in [0.4, 0.5) is 0 Å². The first-order valence-electron chi connectivity index (χ1n) is 5.81. The molecule has 1 aromatic rings. The minimum absolute atomic E-state index is 0.175. The second kappa shape index (κ2) is 5.95. The van der Waals surface area contributed by atoms with Crippen LogP contribution in [0.5, 0.6) is 5.75 Å². The number of benzene rings is 1. The van der Waals surface area contributed by atoms with Gasteiger partial charge in [-0.2, -0.15) is 0 Å². The molecule has 0 bridgehead atoms. The van der Waals surface area contributed by atoms with E-state index >= 15 is 0 Å². The lowest BCUT2D eigenvalue weighted by atomic mass is 10.1. The summed E-state index contributed by atoms with van der Waals surface area (Å²) >= 11 is 0. The maximum absolute atomic E-state index is 11.4. The standard InChI is InChI=1S/C13H15N3O2/c14-10(8-12-13(17)16-7-6-15-12)9-18-11-4-2-1-3-5-11/h1-5,14H,6-9H2,(H,16,17). The van der Waals surface area contributed by atoms with Gasteiger partial charge >= 0.3 is 0 Å². The summed E-state index contributed by atoms with van der Waals surface area (Å²) in [5, 5.41) is 10.5. The number of nitrogens with one attached hydrogen (secondary N) is 2. The predicted molar refractivity (Wildman–Crippen MR) is 69.6 cm³/mol. The predicted octanol–water partition coefficient (Wildman–Crippen LogP) is 1.05. The van der Waals surface area contributed by atoms with E-state index in [0.717, 1.165) is 5.75 Å². The third-order valence-electron chi connectivity index (χ3n) is 2.50. The monoisotopic (exact) mass is 245 g/mol. The molecule has 1 amide bonds. The maximum atomic E-state index is 11.4. The summed E-state index contributed by atoms with van der Waals surface area (Å²) in [5.41, 5.74) is 0.762. The van der Waals surface area contributed by atoms with E-state index in [1.165, 1.54) is 0 Å². The molecule has 1 heterocycles. The Morgan fingerprint density at radius 3 is 2.89 bits per heavy atom. The van der Waals surface area contributed by atoms with E-state index in [1.54, 1.807) is 0 Å². The highest BCUT2D eigenvalue weighted by atomic mass is 16.5. The Morgan fingerprint density at radius 1 is 1.39 bits per heavy atom. The second-order valence-electron chi connectivity index (χ2n) is 3.97. The highest BCUT2D eigenvalue weighted by molar-refractivity contribution is 6.42. The van der Waals surface area contributed by atoms with Gasteiger partial charge < -0.3 is 15.5 Å². The van der Waals surface area contributed by atoms with E-state index in [0.29, 0.717) is 24.5 Å².